The van der Waals surface area contributed by atoms with Crippen LogP contribution in [-0.2, 0) is 11.3 Å². The minimum absolute atomic E-state index is 0.131. The quantitative estimate of drug-likeness (QED) is 0.771. The molecule has 0 aliphatic rings. The van der Waals surface area contributed by atoms with Crippen LogP contribution in [0.1, 0.15) is 28.8 Å². The fourth-order valence-electron chi connectivity index (χ4n) is 1.87. The van der Waals surface area contributed by atoms with Gasteiger partial charge in [0.2, 0.25) is 5.91 Å². The van der Waals surface area contributed by atoms with Gasteiger partial charge in [0.15, 0.2) is 0 Å². The van der Waals surface area contributed by atoms with Crippen molar-refractivity contribution in [2.45, 2.75) is 19.4 Å². The predicted molar refractivity (Wildman–Crippen MR) is 84.1 cm³/mol. The average molecular weight is 320 g/mol. The molecule has 2 amide bonds. The topological polar surface area (TPSA) is 58.2 Å². The van der Waals surface area contributed by atoms with E-state index in [0.717, 1.165) is 0 Å². The van der Waals surface area contributed by atoms with Gasteiger partial charge in [-0.15, -0.1) is 0 Å². The van der Waals surface area contributed by atoms with Gasteiger partial charge in [0, 0.05) is 36.0 Å². The molecule has 0 atom stereocenters. The van der Waals surface area contributed by atoms with Gasteiger partial charge in [0.05, 0.1) is 0 Å². The lowest BCUT2D eigenvalue weighted by atomic mass is 10.2. The lowest BCUT2D eigenvalue weighted by molar-refractivity contribution is -0.121. The standard InChI is InChI=1S/C16H17FN2O2S/c17-14-5-2-1-4-12(14)10-19-15(20)6-3-8-18-16(21)13-7-9-22-11-13/h1-2,4-5,7,9,11H,3,6,8,10H2,(H,18,21)(H,19,20). The highest BCUT2D eigenvalue weighted by atomic mass is 32.1. The van der Waals surface area contributed by atoms with Crippen LogP contribution >= 0.6 is 11.3 Å². The summed E-state index contributed by atoms with van der Waals surface area (Å²) >= 11 is 1.46. The van der Waals surface area contributed by atoms with Crippen LogP contribution in [0.2, 0.25) is 0 Å². The molecule has 0 saturated carbocycles. The van der Waals surface area contributed by atoms with Crippen molar-refractivity contribution < 1.29 is 14.0 Å². The smallest absolute Gasteiger partial charge is 0.252 e. The molecule has 6 heteroatoms. The molecule has 116 valence electrons. The molecule has 0 saturated heterocycles. The van der Waals surface area contributed by atoms with E-state index in [2.05, 4.69) is 10.6 Å². The Morgan fingerprint density at radius 2 is 1.95 bits per heavy atom. The molecule has 1 aromatic carbocycles. The first-order valence-corrected chi connectivity index (χ1v) is 7.91. The van der Waals surface area contributed by atoms with Crippen LogP contribution in [0.5, 0.6) is 0 Å². The normalized spacial score (nSPS) is 10.2. The fraction of sp³-hybridized carbons (Fsp3) is 0.250. The highest BCUT2D eigenvalue weighted by Gasteiger charge is 2.06. The summed E-state index contributed by atoms with van der Waals surface area (Å²) in [5, 5.41) is 9.03. The summed E-state index contributed by atoms with van der Waals surface area (Å²) < 4.78 is 13.4. The van der Waals surface area contributed by atoms with Crippen molar-refractivity contribution in [3.63, 3.8) is 0 Å². The lowest BCUT2D eigenvalue weighted by Gasteiger charge is -2.07. The summed E-state index contributed by atoms with van der Waals surface area (Å²) in [4.78, 5) is 23.3. The van der Waals surface area contributed by atoms with Gasteiger partial charge >= 0.3 is 0 Å². The van der Waals surface area contributed by atoms with Crippen LogP contribution in [0.15, 0.2) is 41.1 Å². The monoisotopic (exact) mass is 320 g/mol. The molecule has 2 aromatic rings. The average Bonchev–Trinajstić information content (AvgIpc) is 3.05. The Morgan fingerprint density at radius 3 is 2.68 bits per heavy atom. The summed E-state index contributed by atoms with van der Waals surface area (Å²) in [7, 11) is 0. The number of rotatable bonds is 7. The summed E-state index contributed by atoms with van der Waals surface area (Å²) in [5.74, 6) is -0.619. The summed E-state index contributed by atoms with van der Waals surface area (Å²) in [6.45, 7) is 0.606. The molecule has 2 rings (SSSR count). The van der Waals surface area contributed by atoms with Gasteiger partial charge in [-0.1, -0.05) is 18.2 Å². The van der Waals surface area contributed by atoms with E-state index in [1.807, 2.05) is 5.38 Å². The number of hydrogen-bond acceptors (Lipinski definition) is 3. The van der Waals surface area contributed by atoms with Gasteiger partial charge in [-0.25, -0.2) is 4.39 Å². The van der Waals surface area contributed by atoms with Crippen molar-refractivity contribution in [2.75, 3.05) is 6.54 Å². The Kier molecular flexibility index (Phi) is 6.09. The van der Waals surface area contributed by atoms with E-state index in [-0.39, 0.29) is 24.2 Å². The maximum Gasteiger partial charge on any atom is 0.252 e. The Balaban J connectivity index is 1.62. The van der Waals surface area contributed by atoms with Crippen molar-refractivity contribution in [3.05, 3.63) is 58.0 Å². The molecule has 2 N–H and O–H groups in total. The number of carbonyl (C=O) groups excluding carboxylic acids is 2. The van der Waals surface area contributed by atoms with Gasteiger partial charge < -0.3 is 10.6 Å². The fourth-order valence-corrected chi connectivity index (χ4v) is 2.51. The number of thiophene rings is 1. The van der Waals surface area contributed by atoms with Crippen LogP contribution in [0, 0.1) is 5.82 Å². The van der Waals surface area contributed by atoms with Gasteiger partial charge in [-0.2, -0.15) is 11.3 Å². The van der Waals surface area contributed by atoms with E-state index in [9.17, 15) is 14.0 Å². The lowest BCUT2D eigenvalue weighted by Crippen LogP contribution is -2.27. The molecule has 4 nitrogen and oxygen atoms in total. The third-order valence-corrected chi connectivity index (χ3v) is 3.77. The molecule has 1 aromatic heterocycles. The molecule has 0 bridgehead atoms. The van der Waals surface area contributed by atoms with Crippen molar-refractivity contribution in [3.8, 4) is 0 Å². The molecular formula is C16H17FN2O2S. The Morgan fingerprint density at radius 1 is 1.14 bits per heavy atom. The highest BCUT2D eigenvalue weighted by molar-refractivity contribution is 7.08. The molecule has 0 aliphatic carbocycles. The second-order valence-corrected chi connectivity index (χ2v) is 5.52. The summed E-state index contributed by atoms with van der Waals surface area (Å²) in [6.07, 6.45) is 0.831. The molecule has 0 spiro atoms. The van der Waals surface area contributed by atoms with E-state index < -0.39 is 0 Å². The summed E-state index contributed by atoms with van der Waals surface area (Å²) in [5.41, 5.74) is 1.09. The van der Waals surface area contributed by atoms with Gasteiger partial charge in [0.25, 0.3) is 5.91 Å². The summed E-state index contributed by atoms with van der Waals surface area (Å²) in [6, 6.07) is 8.08. The molecule has 0 unspecified atom stereocenters. The first-order chi connectivity index (χ1) is 10.7. The second-order valence-electron chi connectivity index (χ2n) is 4.74. The molecule has 0 fully saturated rings. The first-order valence-electron chi connectivity index (χ1n) is 6.97. The van der Waals surface area contributed by atoms with Crippen molar-refractivity contribution in [2.24, 2.45) is 0 Å². The molecule has 1 heterocycles. The third kappa shape index (κ3) is 4.96. The molecular weight excluding hydrogens is 303 g/mol. The number of amides is 2. The van der Waals surface area contributed by atoms with Gasteiger partial charge in [-0.3, -0.25) is 9.59 Å². The maximum absolute atomic E-state index is 13.4. The number of benzene rings is 1. The van der Waals surface area contributed by atoms with Crippen LogP contribution < -0.4 is 10.6 Å². The number of halogens is 1. The Bertz CT molecular complexity index is 629. The van der Waals surface area contributed by atoms with Crippen molar-refractivity contribution >= 4 is 23.2 Å². The van der Waals surface area contributed by atoms with Gasteiger partial charge in [-0.05, 0) is 23.9 Å². The van der Waals surface area contributed by atoms with Crippen LogP contribution in [0.25, 0.3) is 0 Å². The van der Waals surface area contributed by atoms with E-state index in [1.165, 1.54) is 17.4 Å². The number of nitrogens with one attached hydrogen (secondary N) is 2. The first kappa shape index (κ1) is 16.2. The second kappa shape index (κ2) is 8.29. The van der Waals surface area contributed by atoms with E-state index >= 15 is 0 Å². The largest absolute Gasteiger partial charge is 0.352 e. The number of hydrogen-bond donors (Lipinski definition) is 2. The zero-order valence-electron chi connectivity index (χ0n) is 12.0. The predicted octanol–water partition coefficient (Wildman–Crippen LogP) is 2.71. The van der Waals surface area contributed by atoms with Gasteiger partial charge in [0.1, 0.15) is 5.82 Å². The third-order valence-electron chi connectivity index (χ3n) is 3.08. The van der Waals surface area contributed by atoms with Crippen LogP contribution in [0.3, 0.4) is 0 Å². The zero-order chi connectivity index (χ0) is 15.8. The molecule has 0 radical (unpaired) electrons. The minimum atomic E-state index is -0.328. The van der Waals surface area contributed by atoms with E-state index in [0.29, 0.717) is 30.5 Å². The number of carbonyl (C=O) groups is 2. The zero-order valence-corrected chi connectivity index (χ0v) is 12.8. The SMILES string of the molecule is O=C(CCCNC(=O)c1ccsc1)NCc1ccccc1F. The van der Waals surface area contributed by atoms with Crippen molar-refractivity contribution in [1.29, 1.82) is 0 Å². The van der Waals surface area contributed by atoms with Crippen molar-refractivity contribution in [1.82, 2.24) is 10.6 Å². The van der Waals surface area contributed by atoms with Crippen LogP contribution in [-0.4, -0.2) is 18.4 Å². The van der Waals surface area contributed by atoms with E-state index in [1.54, 1.807) is 29.6 Å². The van der Waals surface area contributed by atoms with E-state index in [4.69, 9.17) is 0 Å². The molecule has 0 aliphatic heterocycles. The van der Waals surface area contributed by atoms with Crippen LogP contribution in [0.4, 0.5) is 4.39 Å². The maximum atomic E-state index is 13.4. The highest BCUT2D eigenvalue weighted by Crippen LogP contribution is 2.06. The Hall–Kier alpha value is -2.21. The minimum Gasteiger partial charge on any atom is -0.352 e. The molecule has 22 heavy (non-hydrogen) atoms. The Labute approximate surface area is 132 Å².